The quantitative estimate of drug-likeness (QED) is 0.879. The highest BCUT2D eigenvalue weighted by Crippen LogP contribution is 2.29. The predicted octanol–water partition coefficient (Wildman–Crippen LogP) is 1.52. The number of aliphatic carboxylic acids is 1. The summed E-state index contributed by atoms with van der Waals surface area (Å²) >= 11 is 0. The molecule has 1 aliphatic rings. The first-order chi connectivity index (χ1) is 10.0. The van der Waals surface area contributed by atoms with Gasteiger partial charge in [-0.1, -0.05) is 6.92 Å². The molecule has 1 aromatic rings. The van der Waals surface area contributed by atoms with E-state index >= 15 is 0 Å². The van der Waals surface area contributed by atoms with Crippen molar-refractivity contribution in [3.63, 3.8) is 0 Å². The van der Waals surface area contributed by atoms with Crippen molar-refractivity contribution in [3.8, 4) is 0 Å². The van der Waals surface area contributed by atoms with Gasteiger partial charge in [0.15, 0.2) is 0 Å². The SMILES string of the molecule is CCNC(=O)c1cc(N2CCCC(C)C2C(=O)O)ccn1. The average Bonchev–Trinajstić information content (AvgIpc) is 2.47. The molecule has 1 amide bonds. The van der Waals surface area contributed by atoms with E-state index in [-0.39, 0.29) is 11.8 Å². The Labute approximate surface area is 124 Å². The van der Waals surface area contributed by atoms with E-state index in [9.17, 15) is 14.7 Å². The fraction of sp³-hybridized carbons (Fsp3) is 0.533. The largest absolute Gasteiger partial charge is 0.480 e. The van der Waals surface area contributed by atoms with Crippen LogP contribution in [0.15, 0.2) is 18.3 Å². The van der Waals surface area contributed by atoms with Gasteiger partial charge in [-0.2, -0.15) is 0 Å². The Bertz CT molecular complexity index is 533. The lowest BCUT2D eigenvalue weighted by atomic mass is 9.90. The van der Waals surface area contributed by atoms with Crippen LogP contribution >= 0.6 is 0 Å². The fourth-order valence-corrected chi connectivity index (χ4v) is 2.83. The van der Waals surface area contributed by atoms with Gasteiger partial charge < -0.3 is 15.3 Å². The van der Waals surface area contributed by atoms with Crippen LogP contribution in [0.4, 0.5) is 5.69 Å². The second-order valence-corrected chi connectivity index (χ2v) is 5.35. The van der Waals surface area contributed by atoms with Crippen LogP contribution in [0.3, 0.4) is 0 Å². The van der Waals surface area contributed by atoms with E-state index < -0.39 is 12.0 Å². The molecule has 0 aromatic carbocycles. The number of anilines is 1. The molecule has 1 fully saturated rings. The highest BCUT2D eigenvalue weighted by Gasteiger charge is 2.34. The van der Waals surface area contributed by atoms with Crippen molar-refractivity contribution in [1.82, 2.24) is 10.3 Å². The molecule has 0 saturated carbocycles. The standard InChI is InChI=1S/C15H21N3O3/c1-3-16-14(19)12-9-11(6-7-17-12)18-8-4-5-10(2)13(18)15(20)21/h6-7,9-10,13H,3-5,8H2,1-2H3,(H,16,19)(H,20,21). The Balaban J connectivity index is 2.29. The maximum absolute atomic E-state index is 11.9. The van der Waals surface area contributed by atoms with Gasteiger partial charge >= 0.3 is 5.97 Å². The zero-order chi connectivity index (χ0) is 15.4. The smallest absolute Gasteiger partial charge is 0.326 e. The zero-order valence-electron chi connectivity index (χ0n) is 12.4. The minimum absolute atomic E-state index is 0.0809. The van der Waals surface area contributed by atoms with Gasteiger partial charge in [0.2, 0.25) is 0 Å². The Kier molecular flexibility index (Phi) is 4.77. The third kappa shape index (κ3) is 3.32. The third-order valence-electron chi connectivity index (χ3n) is 3.83. The summed E-state index contributed by atoms with van der Waals surface area (Å²) in [6.07, 6.45) is 3.41. The van der Waals surface area contributed by atoms with Crippen LogP contribution in [0.25, 0.3) is 0 Å². The first-order valence-electron chi connectivity index (χ1n) is 7.28. The van der Waals surface area contributed by atoms with Crippen molar-refractivity contribution in [2.75, 3.05) is 18.0 Å². The molecule has 1 aromatic heterocycles. The second kappa shape index (κ2) is 6.56. The predicted molar refractivity (Wildman–Crippen MR) is 79.4 cm³/mol. The minimum atomic E-state index is -0.821. The van der Waals surface area contributed by atoms with Crippen molar-refractivity contribution in [2.24, 2.45) is 5.92 Å². The van der Waals surface area contributed by atoms with E-state index in [2.05, 4.69) is 10.3 Å². The molecule has 2 rings (SSSR count). The van der Waals surface area contributed by atoms with E-state index in [1.165, 1.54) is 0 Å². The number of carbonyl (C=O) groups is 2. The molecule has 1 aliphatic heterocycles. The van der Waals surface area contributed by atoms with Crippen molar-refractivity contribution >= 4 is 17.6 Å². The lowest BCUT2D eigenvalue weighted by molar-refractivity contribution is -0.140. The fourth-order valence-electron chi connectivity index (χ4n) is 2.83. The Morgan fingerprint density at radius 3 is 2.95 bits per heavy atom. The van der Waals surface area contributed by atoms with Crippen LogP contribution in [0.2, 0.25) is 0 Å². The van der Waals surface area contributed by atoms with Crippen LogP contribution in [-0.2, 0) is 4.79 Å². The van der Waals surface area contributed by atoms with E-state index in [0.29, 0.717) is 18.8 Å². The number of carbonyl (C=O) groups excluding carboxylic acids is 1. The van der Waals surface area contributed by atoms with Crippen LogP contribution < -0.4 is 10.2 Å². The molecule has 6 nitrogen and oxygen atoms in total. The van der Waals surface area contributed by atoms with Gasteiger partial charge in [0.25, 0.3) is 5.91 Å². The number of piperidine rings is 1. The first kappa shape index (κ1) is 15.3. The van der Waals surface area contributed by atoms with Gasteiger partial charge in [0.1, 0.15) is 11.7 Å². The molecule has 0 radical (unpaired) electrons. The first-order valence-corrected chi connectivity index (χ1v) is 7.28. The monoisotopic (exact) mass is 291 g/mol. The summed E-state index contributed by atoms with van der Waals surface area (Å²) in [6.45, 7) is 5.01. The summed E-state index contributed by atoms with van der Waals surface area (Å²) in [4.78, 5) is 29.3. The summed E-state index contributed by atoms with van der Waals surface area (Å²) < 4.78 is 0. The van der Waals surface area contributed by atoms with Gasteiger partial charge in [0.05, 0.1) is 0 Å². The molecule has 2 atom stereocenters. The number of nitrogens with zero attached hydrogens (tertiary/aromatic N) is 2. The minimum Gasteiger partial charge on any atom is -0.480 e. The second-order valence-electron chi connectivity index (χ2n) is 5.35. The number of carboxylic acids is 1. The summed E-state index contributed by atoms with van der Waals surface area (Å²) in [6, 6.07) is 2.87. The van der Waals surface area contributed by atoms with Gasteiger partial charge in [-0.3, -0.25) is 9.78 Å². The molecule has 1 saturated heterocycles. The number of nitrogens with one attached hydrogen (secondary N) is 1. The molecular formula is C15H21N3O3. The number of aromatic nitrogens is 1. The van der Waals surface area contributed by atoms with Gasteiger partial charge in [0, 0.05) is 25.0 Å². The topological polar surface area (TPSA) is 82.5 Å². The molecule has 0 bridgehead atoms. The van der Waals surface area contributed by atoms with Crippen LogP contribution in [-0.4, -0.2) is 41.1 Å². The van der Waals surface area contributed by atoms with E-state index in [0.717, 1.165) is 18.5 Å². The Morgan fingerprint density at radius 2 is 2.29 bits per heavy atom. The lowest BCUT2D eigenvalue weighted by Gasteiger charge is -2.39. The van der Waals surface area contributed by atoms with Crippen LogP contribution in [0, 0.1) is 5.92 Å². The number of rotatable bonds is 4. The van der Waals surface area contributed by atoms with Gasteiger partial charge in [-0.25, -0.2) is 4.79 Å². The van der Waals surface area contributed by atoms with Gasteiger partial charge in [-0.15, -0.1) is 0 Å². The van der Waals surface area contributed by atoms with Crippen molar-refractivity contribution < 1.29 is 14.7 Å². The molecule has 0 aliphatic carbocycles. The number of hydrogen-bond donors (Lipinski definition) is 2. The van der Waals surface area contributed by atoms with E-state index in [1.807, 2.05) is 18.7 Å². The normalized spacial score (nSPS) is 21.9. The number of carboxylic acid groups (broad SMARTS) is 1. The number of pyridine rings is 1. The molecule has 114 valence electrons. The lowest BCUT2D eigenvalue weighted by Crippen LogP contribution is -2.49. The van der Waals surface area contributed by atoms with E-state index in [4.69, 9.17) is 0 Å². The summed E-state index contributed by atoms with van der Waals surface area (Å²) in [5, 5.41) is 12.2. The molecular weight excluding hydrogens is 270 g/mol. The van der Waals surface area contributed by atoms with Gasteiger partial charge in [-0.05, 0) is 37.8 Å². The third-order valence-corrected chi connectivity index (χ3v) is 3.83. The summed E-state index contributed by atoms with van der Waals surface area (Å²) in [5.41, 5.74) is 1.06. The number of amides is 1. The zero-order valence-corrected chi connectivity index (χ0v) is 12.4. The molecule has 2 heterocycles. The molecule has 6 heteroatoms. The highest BCUT2D eigenvalue weighted by atomic mass is 16.4. The maximum Gasteiger partial charge on any atom is 0.326 e. The number of hydrogen-bond acceptors (Lipinski definition) is 4. The van der Waals surface area contributed by atoms with Crippen molar-refractivity contribution in [1.29, 1.82) is 0 Å². The molecule has 0 spiro atoms. The Hall–Kier alpha value is -2.11. The molecule has 2 unspecified atom stereocenters. The van der Waals surface area contributed by atoms with Crippen LogP contribution in [0.1, 0.15) is 37.2 Å². The van der Waals surface area contributed by atoms with Crippen molar-refractivity contribution in [3.05, 3.63) is 24.0 Å². The molecule has 21 heavy (non-hydrogen) atoms. The summed E-state index contributed by atoms with van der Waals surface area (Å²) in [7, 11) is 0. The highest BCUT2D eigenvalue weighted by molar-refractivity contribution is 5.93. The summed E-state index contributed by atoms with van der Waals surface area (Å²) in [5.74, 6) is -0.979. The van der Waals surface area contributed by atoms with Crippen LogP contribution in [0.5, 0.6) is 0 Å². The van der Waals surface area contributed by atoms with Crippen molar-refractivity contribution in [2.45, 2.75) is 32.7 Å². The maximum atomic E-state index is 11.9. The molecule has 2 N–H and O–H groups in total. The average molecular weight is 291 g/mol. The Morgan fingerprint density at radius 1 is 1.52 bits per heavy atom. The van der Waals surface area contributed by atoms with E-state index in [1.54, 1.807) is 18.3 Å².